The molecular formula is C9H9FN2O. The Labute approximate surface area is 75.2 Å². The van der Waals surface area contributed by atoms with Gasteiger partial charge in [0.1, 0.15) is 18.5 Å². The van der Waals surface area contributed by atoms with E-state index in [1.54, 1.807) is 12.1 Å². The Morgan fingerprint density at radius 3 is 2.85 bits per heavy atom. The Balaban J connectivity index is 3.17. The monoisotopic (exact) mass is 180 g/mol. The topological polar surface area (TPSA) is 70.0 Å². The molecule has 0 spiro atoms. The fourth-order valence-corrected chi connectivity index (χ4v) is 1.03. The van der Waals surface area contributed by atoms with Crippen LogP contribution in [0.5, 0.6) is 5.75 Å². The average Bonchev–Trinajstić information content (AvgIpc) is 2.17. The van der Waals surface area contributed by atoms with Crippen LogP contribution in [-0.4, -0.2) is 11.8 Å². The van der Waals surface area contributed by atoms with E-state index in [4.69, 9.17) is 11.0 Å². The Morgan fingerprint density at radius 2 is 2.31 bits per heavy atom. The summed E-state index contributed by atoms with van der Waals surface area (Å²) in [6.45, 7) is -0.761. The molecule has 3 N–H and O–H groups in total. The van der Waals surface area contributed by atoms with E-state index in [9.17, 15) is 9.50 Å². The van der Waals surface area contributed by atoms with Crippen LogP contribution in [0.4, 0.5) is 4.39 Å². The Bertz CT molecular complexity index is 346. The number of halogens is 1. The molecule has 0 aliphatic heterocycles. The van der Waals surface area contributed by atoms with E-state index in [1.165, 1.54) is 12.1 Å². The molecule has 1 atom stereocenters. The summed E-state index contributed by atoms with van der Waals surface area (Å²) in [6, 6.07) is 5.43. The molecule has 1 aromatic rings. The highest BCUT2D eigenvalue weighted by molar-refractivity contribution is 5.48. The third kappa shape index (κ3) is 1.76. The molecule has 3 nitrogen and oxygen atoms in total. The first kappa shape index (κ1) is 9.49. The Kier molecular flexibility index (Phi) is 2.83. The van der Waals surface area contributed by atoms with Crippen molar-refractivity contribution in [1.29, 1.82) is 5.26 Å². The molecule has 0 heterocycles. The number of phenols is 1. The summed E-state index contributed by atoms with van der Waals surface area (Å²) in [7, 11) is 0. The van der Waals surface area contributed by atoms with Crippen LogP contribution in [0.2, 0.25) is 0 Å². The van der Waals surface area contributed by atoms with Gasteiger partial charge in [0, 0.05) is 5.56 Å². The minimum absolute atomic E-state index is 0.112. The van der Waals surface area contributed by atoms with Crippen LogP contribution in [0.3, 0.4) is 0 Å². The lowest BCUT2D eigenvalue weighted by molar-refractivity contribution is 0.414. The fourth-order valence-electron chi connectivity index (χ4n) is 1.03. The molecule has 0 saturated carbocycles. The van der Waals surface area contributed by atoms with Gasteiger partial charge in [-0.3, -0.25) is 0 Å². The molecule has 68 valence electrons. The molecule has 0 aromatic heterocycles. The maximum absolute atomic E-state index is 12.2. The highest BCUT2D eigenvalue weighted by Gasteiger charge is 2.12. The van der Waals surface area contributed by atoms with Crippen molar-refractivity contribution in [3.05, 3.63) is 29.3 Å². The minimum Gasteiger partial charge on any atom is -0.506 e. The zero-order valence-corrected chi connectivity index (χ0v) is 6.87. The van der Waals surface area contributed by atoms with E-state index in [0.29, 0.717) is 0 Å². The second kappa shape index (κ2) is 3.87. The standard InChI is InChI=1S/C9H9FN2O/c10-4-8(12)7-3-1-2-6(5-11)9(7)13/h1-3,8,13H,4,12H2/t8-/m1/s1. The van der Waals surface area contributed by atoms with Crippen LogP contribution in [0.15, 0.2) is 18.2 Å². The van der Waals surface area contributed by atoms with Crippen LogP contribution < -0.4 is 5.73 Å². The first-order chi connectivity index (χ1) is 6.20. The number of phenolic OH excluding ortho intramolecular Hbond substituents is 1. The third-order valence-corrected chi connectivity index (χ3v) is 1.75. The van der Waals surface area contributed by atoms with Crippen molar-refractivity contribution in [2.24, 2.45) is 5.73 Å². The van der Waals surface area contributed by atoms with E-state index < -0.39 is 12.7 Å². The SMILES string of the molecule is N#Cc1cccc([C@H](N)CF)c1O. The molecule has 1 aromatic carbocycles. The summed E-state index contributed by atoms with van der Waals surface area (Å²) >= 11 is 0. The van der Waals surface area contributed by atoms with Gasteiger partial charge < -0.3 is 10.8 Å². The molecule has 1 rings (SSSR count). The first-order valence-corrected chi connectivity index (χ1v) is 3.74. The van der Waals surface area contributed by atoms with Gasteiger partial charge in [0.2, 0.25) is 0 Å². The largest absolute Gasteiger partial charge is 0.506 e. The van der Waals surface area contributed by atoms with E-state index in [1.807, 2.05) is 0 Å². The summed E-state index contributed by atoms with van der Waals surface area (Å²) in [5, 5.41) is 18.0. The highest BCUT2D eigenvalue weighted by Crippen LogP contribution is 2.26. The number of benzene rings is 1. The van der Waals surface area contributed by atoms with Crippen LogP contribution in [0, 0.1) is 11.3 Å². The molecule has 0 bridgehead atoms. The van der Waals surface area contributed by atoms with Crippen LogP contribution in [-0.2, 0) is 0 Å². The van der Waals surface area contributed by atoms with E-state index >= 15 is 0 Å². The van der Waals surface area contributed by atoms with Crippen molar-refractivity contribution < 1.29 is 9.50 Å². The number of hydrogen-bond donors (Lipinski definition) is 2. The van der Waals surface area contributed by atoms with E-state index in [0.717, 1.165) is 0 Å². The van der Waals surface area contributed by atoms with Gasteiger partial charge in [-0.25, -0.2) is 4.39 Å². The molecule has 0 aliphatic carbocycles. The molecule has 0 radical (unpaired) electrons. The molecule has 0 aliphatic rings. The second-order valence-corrected chi connectivity index (χ2v) is 2.62. The molecule has 13 heavy (non-hydrogen) atoms. The number of rotatable bonds is 2. The molecule has 0 unspecified atom stereocenters. The lowest BCUT2D eigenvalue weighted by Gasteiger charge is -2.09. The van der Waals surface area contributed by atoms with Crippen molar-refractivity contribution in [2.45, 2.75) is 6.04 Å². The van der Waals surface area contributed by atoms with Gasteiger partial charge in [-0.15, -0.1) is 0 Å². The summed E-state index contributed by atoms with van der Waals surface area (Å²) in [6.07, 6.45) is 0. The molecule has 0 fully saturated rings. The van der Waals surface area contributed by atoms with Crippen molar-refractivity contribution in [3.63, 3.8) is 0 Å². The zero-order valence-electron chi connectivity index (χ0n) is 6.87. The summed E-state index contributed by atoms with van der Waals surface area (Å²) in [5.74, 6) is -0.227. The summed E-state index contributed by atoms with van der Waals surface area (Å²) < 4.78 is 12.2. The number of nitriles is 1. The summed E-state index contributed by atoms with van der Waals surface area (Å²) in [4.78, 5) is 0. The number of hydrogen-bond acceptors (Lipinski definition) is 3. The highest BCUT2D eigenvalue weighted by atomic mass is 19.1. The number of nitrogens with two attached hydrogens (primary N) is 1. The van der Waals surface area contributed by atoms with Gasteiger partial charge in [-0.2, -0.15) is 5.26 Å². The number of nitrogens with zero attached hydrogens (tertiary/aromatic N) is 1. The zero-order chi connectivity index (χ0) is 9.84. The van der Waals surface area contributed by atoms with Gasteiger partial charge in [-0.05, 0) is 6.07 Å². The molecule has 0 saturated heterocycles. The van der Waals surface area contributed by atoms with Gasteiger partial charge in [0.25, 0.3) is 0 Å². The third-order valence-electron chi connectivity index (χ3n) is 1.75. The van der Waals surface area contributed by atoms with Gasteiger partial charge in [0.05, 0.1) is 11.6 Å². The smallest absolute Gasteiger partial charge is 0.138 e. The van der Waals surface area contributed by atoms with E-state index in [-0.39, 0.29) is 16.9 Å². The maximum atomic E-state index is 12.2. The van der Waals surface area contributed by atoms with Crippen molar-refractivity contribution >= 4 is 0 Å². The van der Waals surface area contributed by atoms with Gasteiger partial charge in [-0.1, -0.05) is 12.1 Å². The Morgan fingerprint density at radius 1 is 1.62 bits per heavy atom. The first-order valence-electron chi connectivity index (χ1n) is 3.74. The number of para-hydroxylation sites is 1. The van der Waals surface area contributed by atoms with Gasteiger partial charge in [0.15, 0.2) is 0 Å². The Hall–Kier alpha value is -1.60. The quantitative estimate of drug-likeness (QED) is 0.719. The molecular weight excluding hydrogens is 171 g/mol. The fraction of sp³-hybridized carbons (Fsp3) is 0.222. The van der Waals surface area contributed by atoms with E-state index in [2.05, 4.69) is 0 Å². The van der Waals surface area contributed by atoms with Crippen LogP contribution >= 0.6 is 0 Å². The van der Waals surface area contributed by atoms with Crippen LogP contribution in [0.25, 0.3) is 0 Å². The average molecular weight is 180 g/mol. The van der Waals surface area contributed by atoms with Crippen molar-refractivity contribution in [1.82, 2.24) is 0 Å². The number of aromatic hydroxyl groups is 1. The molecule has 0 amide bonds. The predicted molar refractivity (Wildman–Crippen MR) is 45.7 cm³/mol. The minimum atomic E-state index is -0.867. The number of alkyl halides is 1. The van der Waals surface area contributed by atoms with Gasteiger partial charge >= 0.3 is 0 Å². The van der Waals surface area contributed by atoms with Crippen LogP contribution in [0.1, 0.15) is 17.2 Å². The normalized spacial score (nSPS) is 12.1. The van der Waals surface area contributed by atoms with Crippen molar-refractivity contribution in [2.75, 3.05) is 6.67 Å². The lowest BCUT2D eigenvalue weighted by atomic mass is 10.0. The predicted octanol–water partition coefficient (Wildman–Crippen LogP) is 1.23. The molecule has 4 heteroatoms. The lowest BCUT2D eigenvalue weighted by Crippen LogP contribution is -2.12. The summed E-state index contributed by atoms with van der Waals surface area (Å²) in [5.41, 5.74) is 5.75. The van der Waals surface area contributed by atoms with Crippen molar-refractivity contribution in [3.8, 4) is 11.8 Å². The second-order valence-electron chi connectivity index (χ2n) is 2.62. The maximum Gasteiger partial charge on any atom is 0.138 e.